The number of thiocarbonyl (C=S) groups is 1. The Morgan fingerprint density at radius 2 is 0.893 bits per heavy atom. The fourth-order valence-corrected chi connectivity index (χ4v) is 5.21. The van der Waals surface area contributed by atoms with Gasteiger partial charge in [-0.3, -0.25) is 0 Å². The summed E-state index contributed by atoms with van der Waals surface area (Å²) < 4.78 is 1.92. The molecule has 0 spiro atoms. The van der Waals surface area contributed by atoms with E-state index < -0.39 is 7.92 Å². The first-order valence-electron chi connectivity index (χ1n) is 8.56. The molecule has 0 saturated heterocycles. The second-order valence-corrected chi connectivity index (χ2v) is 8.67. The van der Waals surface area contributed by atoms with Gasteiger partial charge in [-0.15, -0.1) is 0 Å². The molecule has 0 aliphatic rings. The Morgan fingerprint density at radius 1 is 0.607 bits per heavy atom. The Hall–Kier alpha value is -1.63. The van der Waals surface area contributed by atoms with E-state index in [0.29, 0.717) is 0 Å². The molecule has 0 nitrogen and oxygen atoms in total. The quantitative estimate of drug-likeness (QED) is 0.127. The predicted molar refractivity (Wildman–Crippen MR) is 129 cm³/mol. The van der Waals surface area contributed by atoms with Crippen LogP contribution in [-0.2, 0) is 32.1 Å². The molecule has 0 heterocycles. The minimum atomic E-state index is -0.877. The molecular formula is C24H21PRhS2-2. The van der Waals surface area contributed by atoms with Crippen LogP contribution in [0, 0.1) is 0 Å². The van der Waals surface area contributed by atoms with Crippen LogP contribution in [0.2, 0.25) is 0 Å². The molecule has 4 aromatic rings. The minimum absolute atomic E-state index is 0. The maximum atomic E-state index is 3.96. The molecule has 0 fully saturated rings. The second-order valence-electron chi connectivity index (χ2n) is 5.52. The van der Waals surface area contributed by atoms with Gasteiger partial charge in [-0.25, -0.2) is 12.1 Å². The second kappa shape index (κ2) is 15.3. The van der Waals surface area contributed by atoms with Crippen LogP contribution in [0.25, 0.3) is 0 Å². The Labute approximate surface area is 193 Å². The monoisotopic (exact) mass is 507 g/mol. The van der Waals surface area contributed by atoms with Gasteiger partial charge in [-0.1, -0.05) is 54.6 Å². The van der Waals surface area contributed by atoms with Crippen LogP contribution in [0.5, 0.6) is 0 Å². The van der Waals surface area contributed by atoms with Crippen LogP contribution in [0.4, 0.5) is 0 Å². The third-order valence-corrected chi connectivity index (χ3v) is 6.47. The Bertz CT molecular complexity index is 740. The Kier molecular flexibility index (Phi) is 13.4. The zero-order valence-corrected chi connectivity index (χ0v) is 19.5. The van der Waals surface area contributed by atoms with Crippen molar-refractivity contribution in [3.8, 4) is 0 Å². The van der Waals surface area contributed by atoms with Crippen molar-refractivity contribution in [2.45, 2.75) is 0 Å². The van der Waals surface area contributed by atoms with E-state index in [2.05, 4.69) is 116 Å². The standard InChI is InChI=1S/C18H15P.C5H5.CS2.Rh/c1-4-10-16(11-5-1)19(17-12-6-2-7-13-17)18-14-8-3-9-15-18;1-2-4-5-3-1;2-1-3;/h1-15H;1-5H;;/q;-1;-2;/p+1. The van der Waals surface area contributed by atoms with Crippen molar-refractivity contribution in [3.63, 3.8) is 0 Å². The average molecular weight is 507 g/mol. The summed E-state index contributed by atoms with van der Waals surface area (Å²) in [5.41, 5.74) is 0. The molecular weight excluding hydrogens is 486 g/mol. The first kappa shape index (κ1) is 24.4. The zero-order valence-electron chi connectivity index (χ0n) is 15.2. The van der Waals surface area contributed by atoms with Gasteiger partial charge < -0.3 is 29.5 Å². The topological polar surface area (TPSA) is 0 Å². The molecule has 0 aliphatic heterocycles. The van der Waals surface area contributed by atoms with Crippen molar-refractivity contribution >= 4 is 53.4 Å². The fourth-order valence-electron chi connectivity index (χ4n) is 2.64. The number of rotatable bonds is 3. The van der Waals surface area contributed by atoms with Gasteiger partial charge in [0, 0.05) is 19.5 Å². The van der Waals surface area contributed by atoms with Crippen molar-refractivity contribution in [1.29, 1.82) is 0 Å². The van der Waals surface area contributed by atoms with E-state index in [1.54, 1.807) is 0 Å². The molecule has 4 rings (SSSR count). The van der Waals surface area contributed by atoms with E-state index in [9.17, 15) is 0 Å². The van der Waals surface area contributed by atoms with Crippen LogP contribution >= 0.6 is 20.1 Å². The maximum Gasteiger partial charge on any atom is 0.102 e. The van der Waals surface area contributed by atoms with E-state index in [1.807, 2.05) is 35.0 Å². The van der Waals surface area contributed by atoms with Gasteiger partial charge in [-0.2, -0.15) is 18.2 Å². The summed E-state index contributed by atoms with van der Waals surface area (Å²) in [6, 6.07) is 42.5. The number of hydrogen-bond donors (Lipinski definition) is 0. The molecule has 0 aliphatic carbocycles. The summed E-state index contributed by atoms with van der Waals surface area (Å²) in [4.78, 5) is 0. The third-order valence-electron chi connectivity index (χ3n) is 3.74. The molecule has 4 aromatic carbocycles. The van der Waals surface area contributed by atoms with Crippen LogP contribution < -0.4 is 15.9 Å². The van der Waals surface area contributed by atoms with Crippen molar-refractivity contribution in [2.24, 2.45) is 0 Å². The molecule has 28 heavy (non-hydrogen) atoms. The molecule has 4 heteroatoms. The SMILES string of the molecule is S=[C-][S-].[Rh].c1cc[cH-]c1.c1ccc([PH+](c2ccccc2)c2ccccc2)cc1. The largest absolute Gasteiger partial charge is 0.692 e. The summed E-state index contributed by atoms with van der Waals surface area (Å²) >= 11 is 7.92. The van der Waals surface area contributed by atoms with Crippen LogP contribution in [0.1, 0.15) is 0 Å². The van der Waals surface area contributed by atoms with Gasteiger partial charge in [0.15, 0.2) is 0 Å². The summed E-state index contributed by atoms with van der Waals surface area (Å²) in [6.07, 6.45) is 0. The summed E-state index contributed by atoms with van der Waals surface area (Å²) in [5, 5.41) is 4.31. The van der Waals surface area contributed by atoms with Gasteiger partial charge in [0.25, 0.3) is 0 Å². The van der Waals surface area contributed by atoms with E-state index in [4.69, 9.17) is 0 Å². The Morgan fingerprint density at radius 3 is 1.11 bits per heavy atom. The summed E-state index contributed by atoms with van der Waals surface area (Å²) in [7, 11) is -0.877. The zero-order chi connectivity index (χ0) is 19.2. The van der Waals surface area contributed by atoms with Crippen molar-refractivity contribution in [1.82, 2.24) is 0 Å². The molecule has 0 amide bonds. The smallest absolute Gasteiger partial charge is 0.102 e. The number of benzene rings is 3. The van der Waals surface area contributed by atoms with E-state index in [-0.39, 0.29) is 19.5 Å². The maximum absolute atomic E-state index is 3.96. The van der Waals surface area contributed by atoms with Gasteiger partial charge in [0.05, 0.1) is 7.92 Å². The molecule has 0 saturated carbocycles. The average Bonchev–Trinajstić information content (AvgIpc) is 3.32. The summed E-state index contributed by atoms with van der Waals surface area (Å²) in [6.45, 7) is 0. The first-order chi connectivity index (χ1) is 13.4. The molecule has 0 aromatic heterocycles. The predicted octanol–water partition coefficient (Wildman–Crippen LogP) is 4.95. The Balaban J connectivity index is 0.000000368. The molecule has 0 bridgehead atoms. The van der Waals surface area contributed by atoms with E-state index in [1.165, 1.54) is 15.9 Å². The minimum Gasteiger partial charge on any atom is -0.692 e. The molecule has 0 unspecified atom stereocenters. The van der Waals surface area contributed by atoms with E-state index in [0.717, 1.165) is 0 Å². The molecule has 1 radical (unpaired) electrons. The van der Waals surface area contributed by atoms with Crippen LogP contribution in [0.15, 0.2) is 121 Å². The van der Waals surface area contributed by atoms with E-state index >= 15 is 0 Å². The molecule has 0 atom stereocenters. The van der Waals surface area contributed by atoms with Crippen molar-refractivity contribution in [3.05, 3.63) is 121 Å². The van der Waals surface area contributed by atoms with Crippen molar-refractivity contribution in [2.75, 3.05) is 0 Å². The van der Waals surface area contributed by atoms with Crippen molar-refractivity contribution < 1.29 is 19.5 Å². The van der Waals surface area contributed by atoms with Gasteiger partial charge in [-0.05, 0) is 36.4 Å². The van der Waals surface area contributed by atoms with Gasteiger partial charge >= 0.3 is 0 Å². The molecule has 0 N–H and O–H groups in total. The first-order valence-corrected chi connectivity index (χ1v) is 10.9. The summed E-state index contributed by atoms with van der Waals surface area (Å²) in [5.74, 6) is 0. The number of hydrogen-bond acceptors (Lipinski definition) is 2. The van der Waals surface area contributed by atoms with Crippen LogP contribution in [-0.4, -0.2) is 4.70 Å². The third kappa shape index (κ3) is 8.59. The van der Waals surface area contributed by atoms with Gasteiger partial charge in [0.1, 0.15) is 15.9 Å². The molecule has 145 valence electrons. The normalized spacial score (nSPS) is 9.04. The van der Waals surface area contributed by atoms with Gasteiger partial charge in [0.2, 0.25) is 0 Å². The fraction of sp³-hybridized carbons (Fsp3) is 0. The van der Waals surface area contributed by atoms with Crippen LogP contribution in [0.3, 0.4) is 0 Å².